The summed E-state index contributed by atoms with van der Waals surface area (Å²) < 4.78 is 4.95. The normalized spacial score (nSPS) is 9.83. The summed E-state index contributed by atoms with van der Waals surface area (Å²) in [4.78, 5) is 7.94. The minimum Gasteiger partial charge on any atom is -0.481 e. The molecule has 0 spiro atoms. The van der Waals surface area contributed by atoms with Crippen LogP contribution in [0.2, 0.25) is 0 Å². The molecule has 4 heteroatoms. The lowest BCUT2D eigenvalue weighted by Crippen LogP contribution is -2.01. The molecular weight excluding hydrogens is 154 g/mol. The number of hydrogen-bond donors (Lipinski definition) is 1. The average molecular weight is 167 g/mol. The molecule has 1 aromatic heterocycles. The highest BCUT2D eigenvalue weighted by molar-refractivity contribution is 5.25. The van der Waals surface area contributed by atoms with E-state index >= 15 is 0 Å². The second kappa shape index (κ2) is 3.90. The highest BCUT2D eigenvalue weighted by Crippen LogP contribution is 2.10. The van der Waals surface area contributed by atoms with Crippen LogP contribution >= 0.6 is 0 Å². The molecule has 66 valence electrons. The largest absolute Gasteiger partial charge is 0.481 e. The summed E-state index contributed by atoms with van der Waals surface area (Å²) in [5.41, 5.74) is 6.40. The number of aryl methyl sites for hydroxylation is 1. The predicted molar refractivity (Wildman–Crippen MR) is 47.0 cm³/mol. The van der Waals surface area contributed by atoms with E-state index in [-0.39, 0.29) is 5.95 Å². The second-order valence-electron chi connectivity index (χ2n) is 2.51. The number of nitrogen functional groups attached to an aromatic ring is 1. The fourth-order valence-corrected chi connectivity index (χ4v) is 0.981. The van der Waals surface area contributed by atoms with Crippen LogP contribution in [0.25, 0.3) is 0 Å². The molecule has 1 rings (SSSR count). The molecule has 0 aromatic carbocycles. The molecule has 0 atom stereocenters. The SMILES string of the molecule is CCCc1cc(OC)nc(N)n1. The Morgan fingerprint density at radius 2 is 2.25 bits per heavy atom. The Morgan fingerprint density at radius 1 is 1.50 bits per heavy atom. The predicted octanol–water partition coefficient (Wildman–Crippen LogP) is 1.02. The highest BCUT2D eigenvalue weighted by atomic mass is 16.5. The minimum atomic E-state index is 0.276. The first-order chi connectivity index (χ1) is 5.76. The van der Waals surface area contributed by atoms with Gasteiger partial charge in [-0.3, -0.25) is 0 Å². The van der Waals surface area contributed by atoms with Crippen molar-refractivity contribution in [3.8, 4) is 5.88 Å². The van der Waals surface area contributed by atoms with Crippen molar-refractivity contribution in [2.75, 3.05) is 12.8 Å². The number of nitrogens with two attached hydrogens (primary N) is 1. The van der Waals surface area contributed by atoms with Gasteiger partial charge in [-0.1, -0.05) is 13.3 Å². The van der Waals surface area contributed by atoms with E-state index in [1.165, 1.54) is 0 Å². The van der Waals surface area contributed by atoms with Crippen molar-refractivity contribution in [2.24, 2.45) is 0 Å². The third-order valence-corrected chi connectivity index (χ3v) is 1.49. The van der Waals surface area contributed by atoms with Gasteiger partial charge >= 0.3 is 0 Å². The summed E-state index contributed by atoms with van der Waals surface area (Å²) >= 11 is 0. The maximum absolute atomic E-state index is 5.46. The van der Waals surface area contributed by atoms with Gasteiger partial charge in [0.15, 0.2) is 0 Å². The van der Waals surface area contributed by atoms with Gasteiger partial charge in [-0.15, -0.1) is 0 Å². The molecule has 1 aromatic rings. The number of anilines is 1. The van der Waals surface area contributed by atoms with Crippen molar-refractivity contribution in [2.45, 2.75) is 19.8 Å². The summed E-state index contributed by atoms with van der Waals surface area (Å²) in [7, 11) is 1.57. The second-order valence-corrected chi connectivity index (χ2v) is 2.51. The van der Waals surface area contributed by atoms with Gasteiger partial charge in [-0.25, -0.2) is 4.98 Å². The molecule has 0 aliphatic rings. The maximum atomic E-state index is 5.46. The molecule has 0 saturated heterocycles. The molecule has 4 nitrogen and oxygen atoms in total. The Labute approximate surface area is 71.8 Å². The monoisotopic (exact) mass is 167 g/mol. The standard InChI is InChI=1S/C8H13N3O/c1-3-4-6-5-7(12-2)11-8(9)10-6/h5H,3-4H2,1-2H3,(H2,9,10,11). The molecule has 0 aliphatic carbocycles. The maximum Gasteiger partial charge on any atom is 0.223 e. The Balaban J connectivity index is 2.90. The van der Waals surface area contributed by atoms with E-state index < -0.39 is 0 Å². The van der Waals surface area contributed by atoms with E-state index in [4.69, 9.17) is 10.5 Å². The van der Waals surface area contributed by atoms with Crippen LogP contribution < -0.4 is 10.5 Å². The van der Waals surface area contributed by atoms with Gasteiger partial charge in [0.05, 0.1) is 7.11 Å². The van der Waals surface area contributed by atoms with Gasteiger partial charge in [-0.05, 0) is 6.42 Å². The van der Waals surface area contributed by atoms with Crippen LogP contribution in [0.3, 0.4) is 0 Å². The zero-order chi connectivity index (χ0) is 8.97. The number of nitrogens with zero attached hydrogens (tertiary/aromatic N) is 2. The number of ether oxygens (including phenoxy) is 1. The molecule has 1 heterocycles. The quantitative estimate of drug-likeness (QED) is 0.730. The fourth-order valence-electron chi connectivity index (χ4n) is 0.981. The van der Waals surface area contributed by atoms with Crippen LogP contribution in [0.1, 0.15) is 19.0 Å². The Hall–Kier alpha value is -1.32. The van der Waals surface area contributed by atoms with E-state index in [0.717, 1.165) is 18.5 Å². The molecule has 12 heavy (non-hydrogen) atoms. The van der Waals surface area contributed by atoms with Gasteiger partial charge in [0.25, 0.3) is 0 Å². The third-order valence-electron chi connectivity index (χ3n) is 1.49. The van der Waals surface area contributed by atoms with E-state index in [1.807, 2.05) is 0 Å². The van der Waals surface area contributed by atoms with E-state index in [2.05, 4.69) is 16.9 Å². The zero-order valence-corrected chi connectivity index (χ0v) is 7.37. The third kappa shape index (κ3) is 2.08. The Morgan fingerprint density at radius 3 is 2.83 bits per heavy atom. The van der Waals surface area contributed by atoms with Crippen LogP contribution in [-0.2, 0) is 6.42 Å². The van der Waals surface area contributed by atoms with Crippen molar-refractivity contribution in [3.63, 3.8) is 0 Å². The lowest BCUT2D eigenvalue weighted by atomic mass is 10.2. The van der Waals surface area contributed by atoms with Crippen molar-refractivity contribution in [3.05, 3.63) is 11.8 Å². The van der Waals surface area contributed by atoms with Crippen LogP contribution in [-0.4, -0.2) is 17.1 Å². The highest BCUT2D eigenvalue weighted by Gasteiger charge is 2.00. The van der Waals surface area contributed by atoms with Crippen molar-refractivity contribution in [1.29, 1.82) is 0 Å². The van der Waals surface area contributed by atoms with Crippen molar-refractivity contribution in [1.82, 2.24) is 9.97 Å². The van der Waals surface area contributed by atoms with Crippen LogP contribution in [0.15, 0.2) is 6.07 Å². The van der Waals surface area contributed by atoms with Crippen LogP contribution in [0.4, 0.5) is 5.95 Å². The van der Waals surface area contributed by atoms with Crippen molar-refractivity contribution < 1.29 is 4.74 Å². The fraction of sp³-hybridized carbons (Fsp3) is 0.500. The zero-order valence-electron chi connectivity index (χ0n) is 7.37. The molecule has 0 radical (unpaired) electrons. The van der Waals surface area contributed by atoms with Crippen LogP contribution in [0.5, 0.6) is 5.88 Å². The number of rotatable bonds is 3. The Kier molecular flexibility index (Phi) is 2.85. The number of hydrogen-bond acceptors (Lipinski definition) is 4. The van der Waals surface area contributed by atoms with Crippen molar-refractivity contribution >= 4 is 5.95 Å². The molecule has 0 unspecified atom stereocenters. The van der Waals surface area contributed by atoms with E-state index in [1.54, 1.807) is 13.2 Å². The van der Waals surface area contributed by atoms with Gasteiger partial charge in [-0.2, -0.15) is 4.98 Å². The summed E-state index contributed by atoms with van der Waals surface area (Å²) in [6, 6.07) is 1.81. The average Bonchev–Trinajstić information content (AvgIpc) is 2.04. The summed E-state index contributed by atoms with van der Waals surface area (Å²) in [6.07, 6.45) is 1.95. The molecule has 0 bridgehead atoms. The summed E-state index contributed by atoms with van der Waals surface area (Å²) in [5.74, 6) is 0.809. The molecule has 0 aliphatic heterocycles. The van der Waals surface area contributed by atoms with Gasteiger partial charge in [0.2, 0.25) is 11.8 Å². The van der Waals surface area contributed by atoms with E-state index in [0.29, 0.717) is 5.88 Å². The lowest BCUT2D eigenvalue weighted by Gasteiger charge is -2.02. The minimum absolute atomic E-state index is 0.276. The first-order valence-electron chi connectivity index (χ1n) is 3.93. The van der Waals surface area contributed by atoms with Gasteiger partial charge < -0.3 is 10.5 Å². The Bertz CT molecular complexity index is 262. The topological polar surface area (TPSA) is 61.0 Å². The summed E-state index contributed by atoms with van der Waals surface area (Å²) in [5, 5.41) is 0. The lowest BCUT2D eigenvalue weighted by molar-refractivity contribution is 0.397. The first-order valence-corrected chi connectivity index (χ1v) is 3.93. The number of methoxy groups -OCH3 is 1. The molecule has 0 fully saturated rings. The summed E-state index contributed by atoms with van der Waals surface area (Å²) in [6.45, 7) is 2.09. The number of aromatic nitrogens is 2. The molecular formula is C8H13N3O. The van der Waals surface area contributed by atoms with E-state index in [9.17, 15) is 0 Å². The molecule has 2 N–H and O–H groups in total. The van der Waals surface area contributed by atoms with Gasteiger partial charge in [0, 0.05) is 11.8 Å². The smallest absolute Gasteiger partial charge is 0.223 e. The molecule has 0 saturated carbocycles. The van der Waals surface area contributed by atoms with Gasteiger partial charge in [0.1, 0.15) is 0 Å². The van der Waals surface area contributed by atoms with Crippen LogP contribution in [0, 0.1) is 0 Å². The molecule has 0 amide bonds. The first kappa shape index (κ1) is 8.77.